The van der Waals surface area contributed by atoms with Crippen molar-refractivity contribution in [1.82, 2.24) is 20.2 Å². The molecule has 4 rings (SSSR count). The number of nitrogens with one attached hydrogen (secondary N) is 1. The molecular formula is C18H18FN5O. The van der Waals surface area contributed by atoms with Gasteiger partial charge in [0.05, 0.1) is 11.8 Å². The molecule has 0 saturated carbocycles. The number of para-hydroxylation sites is 1. The fourth-order valence-corrected chi connectivity index (χ4v) is 3.04. The van der Waals surface area contributed by atoms with Crippen molar-refractivity contribution >= 4 is 5.95 Å². The largest absolute Gasteiger partial charge is 0.373 e. The predicted octanol–water partition coefficient (Wildman–Crippen LogP) is 3.13. The number of nitrogens with zero attached hydrogens (tertiary/aromatic N) is 4. The van der Waals surface area contributed by atoms with Crippen molar-refractivity contribution in [2.24, 2.45) is 0 Å². The van der Waals surface area contributed by atoms with Gasteiger partial charge in [-0.2, -0.15) is 4.68 Å². The normalized spacial score (nSPS) is 20.4. The number of rotatable bonds is 4. The van der Waals surface area contributed by atoms with Crippen LogP contribution in [0.25, 0.3) is 5.69 Å². The van der Waals surface area contributed by atoms with E-state index >= 15 is 0 Å². The molecule has 2 aromatic carbocycles. The van der Waals surface area contributed by atoms with Crippen LogP contribution in [0.5, 0.6) is 0 Å². The maximum Gasteiger partial charge on any atom is 0.247 e. The van der Waals surface area contributed by atoms with Gasteiger partial charge in [-0.05, 0) is 53.1 Å². The summed E-state index contributed by atoms with van der Waals surface area (Å²) in [5.41, 5.74) is 1.88. The Bertz CT molecular complexity index is 821. The first kappa shape index (κ1) is 15.7. The molecule has 1 aromatic heterocycles. The molecule has 3 aromatic rings. The van der Waals surface area contributed by atoms with E-state index < -0.39 is 0 Å². The molecule has 0 spiro atoms. The third kappa shape index (κ3) is 3.51. The van der Waals surface area contributed by atoms with Crippen molar-refractivity contribution in [3.05, 3.63) is 66.0 Å². The Labute approximate surface area is 144 Å². The zero-order valence-corrected chi connectivity index (χ0v) is 13.5. The van der Waals surface area contributed by atoms with Crippen LogP contribution in [0, 0.1) is 5.82 Å². The summed E-state index contributed by atoms with van der Waals surface area (Å²) in [5.74, 6) is 0.368. The first-order chi connectivity index (χ1) is 12.3. The molecule has 2 heterocycles. The highest BCUT2D eigenvalue weighted by atomic mass is 19.1. The molecule has 0 unspecified atom stereocenters. The molecule has 1 aliphatic heterocycles. The zero-order valence-electron chi connectivity index (χ0n) is 13.5. The number of benzene rings is 2. The van der Waals surface area contributed by atoms with E-state index in [1.54, 1.807) is 16.8 Å². The van der Waals surface area contributed by atoms with Crippen LogP contribution in [0.4, 0.5) is 10.3 Å². The van der Waals surface area contributed by atoms with Gasteiger partial charge in [0, 0.05) is 12.6 Å². The number of anilines is 1. The lowest BCUT2D eigenvalue weighted by molar-refractivity contribution is 0.00963. The van der Waals surface area contributed by atoms with Crippen LogP contribution in [0.3, 0.4) is 0 Å². The van der Waals surface area contributed by atoms with E-state index in [0.717, 1.165) is 24.1 Å². The minimum absolute atomic E-state index is 0.0621. The number of tetrazole rings is 1. The molecule has 25 heavy (non-hydrogen) atoms. The summed E-state index contributed by atoms with van der Waals surface area (Å²) in [4.78, 5) is 0. The van der Waals surface area contributed by atoms with E-state index in [1.807, 2.05) is 30.3 Å². The van der Waals surface area contributed by atoms with Gasteiger partial charge in [0.15, 0.2) is 0 Å². The average Bonchev–Trinajstić information content (AvgIpc) is 3.11. The predicted molar refractivity (Wildman–Crippen MR) is 90.9 cm³/mol. The highest BCUT2D eigenvalue weighted by molar-refractivity contribution is 5.39. The lowest BCUT2D eigenvalue weighted by Crippen LogP contribution is -2.31. The van der Waals surface area contributed by atoms with Gasteiger partial charge in [-0.15, -0.1) is 0 Å². The second-order valence-corrected chi connectivity index (χ2v) is 6.03. The van der Waals surface area contributed by atoms with Crippen molar-refractivity contribution in [3.8, 4) is 5.69 Å². The summed E-state index contributed by atoms with van der Waals surface area (Å²) in [6, 6.07) is 16.4. The molecule has 2 atom stereocenters. The maximum absolute atomic E-state index is 13.1. The summed E-state index contributed by atoms with van der Waals surface area (Å²) in [5, 5.41) is 15.3. The summed E-state index contributed by atoms with van der Waals surface area (Å²) in [6.45, 7) is 0.632. The molecule has 6 nitrogen and oxygen atoms in total. The molecule has 1 aliphatic rings. The number of aromatic nitrogens is 4. The first-order valence-electron chi connectivity index (χ1n) is 8.27. The van der Waals surface area contributed by atoms with Crippen LogP contribution in [-0.2, 0) is 4.74 Å². The van der Waals surface area contributed by atoms with Crippen molar-refractivity contribution in [2.45, 2.75) is 25.0 Å². The van der Waals surface area contributed by atoms with Crippen LogP contribution in [0.15, 0.2) is 54.6 Å². The topological polar surface area (TPSA) is 64.9 Å². The van der Waals surface area contributed by atoms with Gasteiger partial charge in [0.1, 0.15) is 5.82 Å². The fourth-order valence-electron chi connectivity index (χ4n) is 3.04. The molecular weight excluding hydrogens is 321 g/mol. The van der Waals surface area contributed by atoms with Gasteiger partial charge in [0.25, 0.3) is 0 Å². The van der Waals surface area contributed by atoms with Crippen molar-refractivity contribution in [3.63, 3.8) is 0 Å². The van der Waals surface area contributed by atoms with E-state index in [4.69, 9.17) is 4.74 Å². The quantitative estimate of drug-likeness (QED) is 0.791. The van der Waals surface area contributed by atoms with E-state index in [2.05, 4.69) is 20.8 Å². The Hall–Kier alpha value is -2.80. The van der Waals surface area contributed by atoms with Gasteiger partial charge in [0.2, 0.25) is 5.95 Å². The molecule has 0 radical (unpaired) electrons. The van der Waals surface area contributed by atoms with Gasteiger partial charge in [-0.1, -0.05) is 35.4 Å². The van der Waals surface area contributed by atoms with E-state index in [-0.39, 0.29) is 18.0 Å². The SMILES string of the molecule is Fc1ccc([C@@H]2C[C@H](Nc3nnnn3-c3ccccc3)CCO2)cc1. The van der Waals surface area contributed by atoms with Crippen LogP contribution < -0.4 is 5.32 Å². The smallest absolute Gasteiger partial charge is 0.247 e. The molecule has 0 amide bonds. The Morgan fingerprint density at radius 1 is 1.08 bits per heavy atom. The van der Waals surface area contributed by atoms with Crippen LogP contribution in [0.1, 0.15) is 24.5 Å². The summed E-state index contributed by atoms with van der Waals surface area (Å²) in [7, 11) is 0. The van der Waals surface area contributed by atoms with Crippen molar-refractivity contribution in [1.29, 1.82) is 0 Å². The molecule has 1 fully saturated rings. The highest BCUT2D eigenvalue weighted by Gasteiger charge is 2.25. The zero-order chi connectivity index (χ0) is 17.1. The first-order valence-corrected chi connectivity index (χ1v) is 8.27. The Morgan fingerprint density at radius 2 is 1.88 bits per heavy atom. The standard InChI is InChI=1S/C18H18FN5O/c19-14-8-6-13(7-9-14)17-12-15(10-11-25-17)20-18-21-22-23-24(18)16-4-2-1-3-5-16/h1-9,15,17H,10-12H2,(H,20,21,23)/t15-,17+/m1/s1. The molecule has 1 saturated heterocycles. The van der Waals surface area contributed by atoms with Gasteiger partial charge < -0.3 is 10.1 Å². The van der Waals surface area contributed by atoms with E-state index in [9.17, 15) is 4.39 Å². The van der Waals surface area contributed by atoms with Crippen molar-refractivity contribution < 1.29 is 9.13 Å². The Morgan fingerprint density at radius 3 is 2.68 bits per heavy atom. The summed E-state index contributed by atoms with van der Waals surface area (Å²) >= 11 is 0. The number of halogens is 1. The summed E-state index contributed by atoms with van der Waals surface area (Å²) in [6.07, 6.45) is 1.57. The molecule has 1 N–H and O–H groups in total. The minimum atomic E-state index is -0.240. The second kappa shape index (κ2) is 6.98. The highest BCUT2D eigenvalue weighted by Crippen LogP contribution is 2.29. The van der Waals surface area contributed by atoms with Crippen molar-refractivity contribution in [2.75, 3.05) is 11.9 Å². The molecule has 7 heteroatoms. The second-order valence-electron chi connectivity index (χ2n) is 6.03. The maximum atomic E-state index is 13.1. The van der Waals surface area contributed by atoms with E-state index in [1.165, 1.54) is 12.1 Å². The Balaban J connectivity index is 1.48. The fraction of sp³-hybridized carbons (Fsp3) is 0.278. The van der Waals surface area contributed by atoms with Gasteiger partial charge in [-0.25, -0.2) is 4.39 Å². The summed E-state index contributed by atoms with van der Waals surface area (Å²) < 4.78 is 20.6. The molecule has 128 valence electrons. The van der Waals surface area contributed by atoms with Crippen LogP contribution in [-0.4, -0.2) is 32.9 Å². The van der Waals surface area contributed by atoms with Gasteiger partial charge >= 0.3 is 0 Å². The number of hydrogen-bond acceptors (Lipinski definition) is 5. The lowest BCUT2D eigenvalue weighted by Gasteiger charge is -2.30. The Kier molecular flexibility index (Phi) is 4.39. The molecule has 0 aliphatic carbocycles. The lowest BCUT2D eigenvalue weighted by atomic mass is 9.97. The monoisotopic (exact) mass is 339 g/mol. The average molecular weight is 339 g/mol. The van der Waals surface area contributed by atoms with Gasteiger partial charge in [-0.3, -0.25) is 0 Å². The third-order valence-corrected chi connectivity index (χ3v) is 4.33. The number of hydrogen-bond donors (Lipinski definition) is 1. The minimum Gasteiger partial charge on any atom is -0.373 e. The molecule has 0 bridgehead atoms. The van der Waals surface area contributed by atoms with Crippen LogP contribution in [0.2, 0.25) is 0 Å². The third-order valence-electron chi connectivity index (χ3n) is 4.33. The van der Waals surface area contributed by atoms with E-state index in [0.29, 0.717) is 12.6 Å². The van der Waals surface area contributed by atoms with Crippen LogP contribution >= 0.6 is 0 Å². The number of ether oxygens (including phenoxy) is 1.